The predicted octanol–water partition coefficient (Wildman–Crippen LogP) is 6.21. The minimum Gasteiger partial charge on any atom is -0.493 e. The van der Waals surface area contributed by atoms with Crippen LogP contribution >= 0.6 is 11.6 Å². The number of halogens is 1. The molecule has 1 heterocycles. The van der Waals surface area contributed by atoms with E-state index < -0.39 is 11.9 Å². The van der Waals surface area contributed by atoms with Crippen LogP contribution in [0, 0.1) is 17.2 Å². The van der Waals surface area contributed by atoms with Crippen LogP contribution in [-0.4, -0.2) is 19.7 Å². The van der Waals surface area contributed by atoms with E-state index in [-0.39, 0.29) is 17.2 Å². The number of hydrogen-bond donors (Lipinski definition) is 1. The second-order valence-electron chi connectivity index (χ2n) is 8.96. The number of rotatable bonds is 8. The Morgan fingerprint density at radius 1 is 1.11 bits per heavy atom. The van der Waals surface area contributed by atoms with Crippen LogP contribution < -0.4 is 24.7 Å². The van der Waals surface area contributed by atoms with Crippen LogP contribution in [0.25, 0.3) is 0 Å². The van der Waals surface area contributed by atoms with Crippen LogP contribution in [0.5, 0.6) is 23.0 Å². The van der Waals surface area contributed by atoms with Crippen molar-refractivity contribution < 1.29 is 23.7 Å². The summed E-state index contributed by atoms with van der Waals surface area (Å²) in [6.45, 7) is 4.84. The number of carbonyl (C=O) groups excluding carboxylic acids is 1. The highest BCUT2D eigenvalue weighted by Gasteiger charge is 2.32. The summed E-state index contributed by atoms with van der Waals surface area (Å²) in [5.74, 6) is 1.30. The lowest BCUT2D eigenvalue weighted by molar-refractivity contribution is 0.0734. The molecule has 1 atom stereocenters. The zero-order valence-electron chi connectivity index (χ0n) is 20.8. The summed E-state index contributed by atoms with van der Waals surface area (Å²) in [4.78, 5) is 12.5. The number of nitriles is 1. The van der Waals surface area contributed by atoms with Crippen molar-refractivity contribution >= 4 is 17.6 Å². The van der Waals surface area contributed by atoms with Crippen molar-refractivity contribution in [3.63, 3.8) is 0 Å². The molecule has 3 aromatic carbocycles. The maximum atomic E-state index is 12.5. The molecule has 7 nitrogen and oxygen atoms in total. The van der Waals surface area contributed by atoms with Gasteiger partial charge in [0.05, 0.1) is 25.2 Å². The number of esters is 1. The average Bonchev–Trinajstić information content (AvgIpc) is 2.88. The molecule has 0 amide bonds. The molecule has 1 aliphatic heterocycles. The van der Waals surface area contributed by atoms with Gasteiger partial charge in [-0.3, -0.25) is 0 Å². The number of nitrogens with two attached hydrogens (primary N) is 1. The van der Waals surface area contributed by atoms with E-state index >= 15 is 0 Å². The number of hydrogen-bond acceptors (Lipinski definition) is 7. The van der Waals surface area contributed by atoms with Crippen LogP contribution in [-0.2, 0) is 0 Å². The molecule has 0 spiro atoms. The number of methoxy groups -OCH3 is 1. The first-order valence-electron chi connectivity index (χ1n) is 11.8. The van der Waals surface area contributed by atoms with Gasteiger partial charge in [0, 0.05) is 16.7 Å². The largest absolute Gasteiger partial charge is 0.493 e. The third kappa shape index (κ3) is 5.82. The fraction of sp³-hybridized carbons (Fsp3) is 0.241. The summed E-state index contributed by atoms with van der Waals surface area (Å²) in [6.07, 6.45) is 0.918. The number of fused-ring (bicyclic) bond motifs is 1. The van der Waals surface area contributed by atoms with E-state index in [0.29, 0.717) is 45.9 Å². The molecular weight excluding hydrogens is 492 g/mol. The molecule has 0 saturated heterocycles. The number of benzene rings is 3. The van der Waals surface area contributed by atoms with Gasteiger partial charge in [-0.15, -0.1) is 0 Å². The van der Waals surface area contributed by atoms with Gasteiger partial charge in [-0.1, -0.05) is 37.6 Å². The van der Waals surface area contributed by atoms with E-state index in [2.05, 4.69) is 19.9 Å². The number of nitrogens with zero attached hydrogens (tertiary/aromatic N) is 1. The maximum absolute atomic E-state index is 12.5. The van der Waals surface area contributed by atoms with Crippen LogP contribution in [0.4, 0.5) is 0 Å². The zero-order chi connectivity index (χ0) is 26.5. The van der Waals surface area contributed by atoms with Gasteiger partial charge in [0.15, 0.2) is 11.5 Å². The van der Waals surface area contributed by atoms with E-state index in [1.54, 1.807) is 49.6 Å². The van der Waals surface area contributed by atoms with Gasteiger partial charge < -0.3 is 24.7 Å². The van der Waals surface area contributed by atoms with Crippen LogP contribution in [0.3, 0.4) is 0 Å². The minimum absolute atomic E-state index is 0.0163. The molecule has 3 aromatic rings. The van der Waals surface area contributed by atoms with Crippen molar-refractivity contribution in [1.29, 1.82) is 5.26 Å². The second kappa shape index (κ2) is 11.3. The summed E-state index contributed by atoms with van der Waals surface area (Å²) in [5.41, 5.74) is 8.25. The Kier molecular flexibility index (Phi) is 7.90. The lowest BCUT2D eigenvalue weighted by Gasteiger charge is -2.27. The Balaban J connectivity index is 1.64. The monoisotopic (exact) mass is 518 g/mol. The molecule has 1 unspecified atom stereocenters. The van der Waals surface area contributed by atoms with E-state index in [0.717, 1.165) is 12.0 Å². The summed E-state index contributed by atoms with van der Waals surface area (Å²) in [5, 5.41) is 10.4. The van der Waals surface area contributed by atoms with Crippen LogP contribution in [0.1, 0.15) is 47.7 Å². The summed E-state index contributed by atoms with van der Waals surface area (Å²) < 4.78 is 22.8. The van der Waals surface area contributed by atoms with Crippen molar-refractivity contribution in [3.8, 4) is 29.1 Å². The van der Waals surface area contributed by atoms with Gasteiger partial charge >= 0.3 is 5.97 Å². The standard InChI is InChI=1S/C29H27ClN2O5/c1-17(2)12-13-35-24-11-6-19(14-26(24)34-3)27-22-10-9-21(15-25(22)37-28(32)23(27)16-31)36-29(33)18-4-7-20(30)8-5-18/h4-11,14-15,17,27H,12-13,32H2,1-3H3. The van der Waals surface area contributed by atoms with Crippen molar-refractivity contribution in [2.75, 3.05) is 13.7 Å². The van der Waals surface area contributed by atoms with Gasteiger partial charge in [0.1, 0.15) is 23.1 Å². The smallest absolute Gasteiger partial charge is 0.343 e. The first-order chi connectivity index (χ1) is 17.8. The number of carbonyl (C=O) groups is 1. The molecule has 8 heteroatoms. The molecule has 1 aliphatic rings. The van der Waals surface area contributed by atoms with E-state index in [1.165, 1.54) is 0 Å². The van der Waals surface area contributed by atoms with Gasteiger partial charge in [0.25, 0.3) is 0 Å². The average molecular weight is 519 g/mol. The first-order valence-corrected chi connectivity index (χ1v) is 12.2. The normalized spacial score (nSPS) is 14.4. The highest BCUT2D eigenvalue weighted by molar-refractivity contribution is 6.30. The van der Waals surface area contributed by atoms with E-state index in [4.69, 9.17) is 36.3 Å². The van der Waals surface area contributed by atoms with Gasteiger partial charge in [-0.2, -0.15) is 5.26 Å². The Bertz CT molecular complexity index is 1380. The molecule has 2 N–H and O–H groups in total. The summed E-state index contributed by atoms with van der Waals surface area (Å²) in [7, 11) is 1.57. The third-order valence-corrected chi connectivity index (χ3v) is 6.21. The van der Waals surface area contributed by atoms with E-state index in [1.807, 2.05) is 18.2 Å². The van der Waals surface area contributed by atoms with Crippen molar-refractivity contribution in [2.24, 2.45) is 11.7 Å². The molecule has 0 aromatic heterocycles. The zero-order valence-corrected chi connectivity index (χ0v) is 21.5. The molecule has 0 saturated carbocycles. The van der Waals surface area contributed by atoms with Crippen molar-refractivity contribution in [1.82, 2.24) is 0 Å². The van der Waals surface area contributed by atoms with E-state index in [9.17, 15) is 10.1 Å². The van der Waals surface area contributed by atoms with Crippen molar-refractivity contribution in [3.05, 3.63) is 93.8 Å². The molecule has 0 fully saturated rings. The molecule has 190 valence electrons. The molecular formula is C29H27ClN2O5. The minimum atomic E-state index is -0.539. The Morgan fingerprint density at radius 2 is 1.86 bits per heavy atom. The lowest BCUT2D eigenvalue weighted by atomic mass is 9.83. The Labute approximate surface area is 221 Å². The highest BCUT2D eigenvalue weighted by atomic mass is 35.5. The number of ether oxygens (including phenoxy) is 4. The van der Waals surface area contributed by atoms with Crippen LogP contribution in [0.15, 0.2) is 72.1 Å². The highest BCUT2D eigenvalue weighted by Crippen LogP contribution is 2.45. The molecule has 0 radical (unpaired) electrons. The quantitative estimate of drug-likeness (QED) is 0.279. The van der Waals surface area contributed by atoms with Crippen LogP contribution in [0.2, 0.25) is 5.02 Å². The fourth-order valence-electron chi connectivity index (χ4n) is 3.98. The third-order valence-electron chi connectivity index (χ3n) is 5.95. The summed E-state index contributed by atoms with van der Waals surface area (Å²) in [6, 6.07) is 19.1. The molecule has 0 aliphatic carbocycles. The number of allylic oxidation sites excluding steroid dienone is 1. The second-order valence-corrected chi connectivity index (χ2v) is 9.40. The lowest BCUT2D eigenvalue weighted by Crippen LogP contribution is -2.21. The van der Waals surface area contributed by atoms with Gasteiger partial charge in [-0.25, -0.2) is 4.79 Å². The maximum Gasteiger partial charge on any atom is 0.343 e. The van der Waals surface area contributed by atoms with Gasteiger partial charge in [0.2, 0.25) is 5.88 Å². The Hall–Kier alpha value is -4.15. The first kappa shape index (κ1) is 25.9. The summed E-state index contributed by atoms with van der Waals surface area (Å²) >= 11 is 5.90. The predicted molar refractivity (Wildman–Crippen MR) is 140 cm³/mol. The molecule has 0 bridgehead atoms. The topological polar surface area (TPSA) is 104 Å². The Morgan fingerprint density at radius 3 is 2.54 bits per heavy atom. The van der Waals surface area contributed by atoms with Crippen molar-refractivity contribution in [2.45, 2.75) is 26.2 Å². The molecule has 37 heavy (non-hydrogen) atoms. The van der Waals surface area contributed by atoms with Gasteiger partial charge in [-0.05, 0) is 60.4 Å². The fourth-order valence-corrected chi connectivity index (χ4v) is 4.11. The SMILES string of the molecule is COc1cc(C2C(C#N)=C(N)Oc3cc(OC(=O)c4ccc(Cl)cc4)ccc32)ccc1OCCC(C)C. The molecule has 4 rings (SSSR count).